The molecule has 0 fully saturated rings. The highest BCUT2D eigenvalue weighted by Gasteiger charge is 2.14. The van der Waals surface area contributed by atoms with E-state index in [4.69, 9.17) is 30.3 Å². The standard InChI is InChI=1S/C21H20ClN3O5/c1-27-16-10-6-13(19(28-2)20(16)29-3)7-11-17(26)23-12-18-24-21(25-30-18)14-4-8-15(22)9-5-14/h4-11H,12H2,1-3H3,(H,23,26)/b11-7+. The molecule has 2 aromatic carbocycles. The maximum Gasteiger partial charge on any atom is 0.246 e. The number of nitrogens with one attached hydrogen (secondary N) is 1. The molecule has 1 N–H and O–H groups in total. The van der Waals surface area contributed by atoms with Gasteiger partial charge in [0.05, 0.1) is 27.9 Å². The lowest BCUT2D eigenvalue weighted by molar-refractivity contribution is -0.116. The Labute approximate surface area is 178 Å². The number of methoxy groups -OCH3 is 3. The van der Waals surface area contributed by atoms with Crippen LogP contribution in [-0.4, -0.2) is 37.4 Å². The topological polar surface area (TPSA) is 95.7 Å². The fourth-order valence-corrected chi connectivity index (χ4v) is 2.81. The van der Waals surface area contributed by atoms with Crippen molar-refractivity contribution in [1.29, 1.82) is 0 Å². The third kappa shape index (κ3) is 4.90. The molecule has 30 heavy (non-hydrogen) atoms. The Hall–Kier alpha value is -3.52. The van der Waals surface area contributed by atoms with Gasteiger partial charge in [-0.05, 0) is 42.5 Å². The fraction of sp³-hybridized carbons (Fsp3) is 0.190. The van der Waals surface area contributed by atoms with Crippen molar-refractivity contribution in [3.05, 3.63) is 59.0 Å². The van der Waals surface area contributed by atoms with Crippen molar-refractivity contribution in [3.8, 4) is 28.6 Å². The van der Waals surface area contributed by atoms with Crippen molar-refractivity contribution in [2.24, 2.45) is 0 Å². The molecule has 1 aromatic heterocycles. The number of nitrogens with zero attached hydrogens (tertiary/aromatic N) is 2. The molecular formula is C21H20ClN3O5. The summed E-state index contributed by atoms with van der Waals surface area (Å²) >= 11 is 5.87. The van der Waals surface area contributed by atoms with Gasteiger partial charge in [0.25, 0.3) is 0 Å². The number of benzene rings is 2. The Morgan fingerprint density at radius 3 is 2.47 bits per heavy atom. The van der Waals surface area contributed by atoms with Crippen LogP contribution in [0.2, 0.25) is 5.02 Å². The Kier molecular flexibility index (Phi) is 6.92. The molecule has 0 bridgehead atoms. The average molecular weight is 430 g/mol. The fourth-order valence-electron chi connectivity index (χ4n) is 2.69. The molecule has 0 saturated carbocycles. The van der Waals surface area contributed by atoms with Crippen LogP contribution in [0.25, 0.3) is 17.5 Å². The molecule has 1 amide bonds. The zero-order valence-electron chi connectivity index (χ0n) is 16.6. The van der Waals surface area contributed by atoms with Crippen molar-refractivity contribution in [1.82, 2.24) is 15.5 Å². The van der Waals surface area contributed by atoms with Crippen molar-refractivity contribution in [2.75, 3.05) is 21.3 Å². The molecule has 0 saturated heterocycles. The second kappa shape index (κ2) is 9.80. The first-order chi connectivity index (χ1) is 14.5. The predicted octanol–water partition coefficient (Wildman–Crippen LogP) is 3.75. The minimum Gasteiger partial charge on any atom is -0.493 e. The number of hydrogen-bond acceptors (Lipinski definition) is 7. The first-order valence-corrected chi connectivity index (χ1v) is 9.27. The molecule has 3 aromatic rings. The Balaban J connectivity index is 1.64. The van der Waals surface area contributed by atoms with Crippen LogP contribution in [-0.2, 0) is 11.3 Å². The summed E-state index contributed by atoms with van der Waals surface area (Å²) in [5, 5.41) is 7.21. The van der Waals surface area contributed by atoms with Gasteiger partial charge in [-0.1, -0.05) is 16.8 Å². The van der Waals surface area contributed by atoms with Gasteiger partial charge in [0.2, 0.25) is 23.4 Å². The molecule has 0 aliphatic heterocycles. The molecule has 0 atom stereocenters. The zero-order chi connectivity index (χ0) is 21.5. The number of halogens is 1. The Morgan fingerprint density at radius 1 is 1.07 bits per heavy atom. The predicted molar refractivity (Wildman–Crippen MR) is 112 cm³/mol. The highest BCUT2D eigenvalue weighted by molar-refractivity contribution is 6.30. The number of rotatable bonds is 8. The molecule has 156 valence electrons. The smallest absolute Gasteiger partial charge is 0.246 e. The second-order valence-electron chi connectivity index (χ2n) is 5.99. The summed E-state index contributed by atoms with van der Waals surface area (Å²) in [6.45, 7) is 0.0901. The van der Waals surface area contributed by atoms with Crippen molar-refractivity contribution in [2.45, 2.75) is 6.54 Å². The summed E-state index contributed by atoms with van der Waals surface area (Å²) in [6, 6.07) is 10.5. The third-order valence-electron chi connectivity index (χ3n) is 4.13. The van der Waals surface area contributed by atoms with Gasteiger partial charge < -0.3 is 24.1 Å². The summed E-state index contributed by atoms with van der Waals surface area (Å²) in [7, 11) is 4.57. The lowest BCUT2D eigenvalue weighted by Crippen LogP contribution is -2.20. The second-order valence-corrected chi connectivity index (χ2v) is 6.43. The van der Waals surface area contributed by atoms with Crippen LogP contribution in [0.4, 0.5) is 0 Å². The minimum atomic E-state index is -0.335. The first kappa shape index (κ1) is 21.2. The van der Waals surface area contributed by atoms with Gasteiger partial charge >= 0.3 is 0 Å². The van der Waals surface area contributed by atoms with Crippen LogP contribution >= 0.6 is 11.6 Å². The summed E-state index contributed by atoms with van der Waals surface area (Å²) in [6.07, 6.45) is 2.99. The van der Waals surface area contributed by atoms with E-state index in [1.807, 2.05) is 0 Å². The van der Waals surface area contributed by atoms with Crippen LogP contribution in [0.3, 0.4) is 0 Å². The molecule has 0 unspecified atom stereocenters. The van der Waals surface area contributed by atoms with Crippen LogP contribution in [0.5, 0.6) is 17.2 Å². The quantitative estimate of drug-likeness (QED) is 0.545. The van der Waals surface area contributed by atoms with Gasteiger partial charge in [-0.2, -0.15) is 4.98 Å². The van der Waals surface area contributed by atoms with Gasteiger partial charge in [0.1, 0.15) is 0 Å². The summed E-state index contributed by atoms with van der Waals surface area (Å²) < 4.78 is 21.2. The van der Waals surface area contributed by atoms with E-state index >= 15 is 0 Å². The van der Waals surface area contributed by atoms with E-state index < -0.39 is 0 Å². The van der Waals surface area contributed by atoms with Crippen LogP contribution in [0, 0.1) is 0 Å². The maximum atomic E-state index is 12.2. The van der Waals surface area contributed by atoms with Gasteiger partial charge in [-0.15, -0.1) is 0 Å². The van der Waals surface area contributed by atoms with Gasteiger partial charge in [-0.3, -0.25) is 4.79 Å². The SMILES string of the molecule is COc1ccc(/C=C/C(=O)NCc2nc(-c3ccc(Cl)cc3)no2)c(OC)c1OC. The number of hydrogen-bond donors (Lipinski definition) is 1. The van der Waals surface area contributed by atoms with E-state index in [2.05, 4.69) is 15.5 Å². The number of carbonyl (C=O) groups is 1. The molecule has 3 rings (SSSR count). The largest absolute Gasteiger partial charge is 0.493 e. The average Bonchev–Trinajstić information content (AvgIpc) is 3.24. The normalized spacial score (nSPS) is 10.8. The van der Waals surface area contributed by atoms with Crippen molar-refractivity contribution >= 4 is 23.6 Å². The zero-order valence-corrected chi connectivity index (χ0v) is 17.4. The molecule has 0 aliphatic rings. The highest BCUT2D eigenvalue weighted by atomic mass is 35.5. The van der Waals surface area contributed by atoms with Gasteiger partial charge in [-0.25, -0.2) is 0 Å². The highest BCUT2D eigenvalue weighted by Crippen LogP contribution is 2.40. The molecule has 0 spiro atoms. The summed E-state index contributed by atoms with van der Waals surface area (Å²) in [4.78, 5) is 16.4. The number of amides is 1. The number of aromatic nitrogens is 2. The third-order valence-corrected chi connectivity index (χ3v) is 4.39. The summed E-state index contributed by atoms with van der Waals surface area (Å²) in [5.74, 6) is 1.81. The lowest BCUT2D eigenvalue weighted by Gasteiger charge is -2.13. The molecule has 0 radical (unpaired) electrons. The van der Waals surface area contributed by atoms with Crippen LogP contribution < -0.4 is 19.5 Å². The van der Waals surface area contributed by atoms with Crippen LogP contribution in [0.15, 0.2) is 47.0 Å². The molecule has 1 heterocycles. The molecule has 8 nitrogen and oxygen atoms in total. The lowest BCUT2D eigenvalue weighted by atomic mass is 10.1. The van der Waals surface area contributed by atoms with Gasteiger partial charge in [0, 0.05) is 22.2 Å². The Morgan fingerprint density at radius 2 is 1.80 bits per heavy atom. The van der Waals surface area contributed by atoms with E-state index in [0.717, 1.165) is 5.56 Å². The monoisotopic (exact) mass is 429 g/mol. The molecule has 9 heteroatoms. The Bertz CT molecular complexity index is 1050. The van der Waals surface area contributed by atoms with Crippen molar-refractivity contribution < 1.29 is 23.5 Å². The van der Waals surface area contributed by atoms with E-state index in [9.17, 15) is 4.79 Å². The van der Waals surface area contributed by atoms with E-state index in [0.29, 0.717) is 33.7 Å². The van der Waals surface area contributed by atoms with Crippen LogP contribution in [0.1, 0.15) is 11.5 Å². The maximum absolute atomic E-state index is 12.2. The van der Waals surface area contributed by atoms with E-state index in [-0.39, 0.29) is 18.3 Å². The summed E-state index contributed by atoms with van der Waals surface area (Å²) in [5.41, 5.74) is 1.43. The van der Waals surface area contributed by atoms with E-state index in [1.165, 1.54) is 27.4 Å². The van der Waals surface area contributed by atoms with Crippen molar-refractivity contribution in [3.63, 3.8) is 0 Å². The number of ether oxygens (including phenoxy) is 3. The minimum absolute atomic E-state index is 0.0901. The first-order valence-electron chi connectivity index (χ1n) is 8.89. The molecule has 0 aliphatic carbocycles. The van der Waals surface area contributed by atoms with Gasteiger partial charge in [0.15, 0.2) is 11.5 Å². The van der Waals surface area contributed by atoms with E-state index in [1.54, 1.807) is 42.5 Å². The number of carbonyl (C=O) groups excluding carboxylic acids is 1. The molecular weight excluding hydrogens is 410 g/mol.